The van der Waals surface area contributed by atoms with Crippen LogP contribution in [-0.4, -0.2) is 32.2 Å². The van der Waals surface area contributed by atoms with Crippen LogP contribution >= 0.6 is 0 Å². The van der Waals surface area contributed by atoms with E-state index in [1.165, 1.54) is 24.3 Å². The van der Waals surface area contributed by atoms with E-state index < -0.39 is 4.92 Å². The van der Waals surface area contributed by atoms with Crippen LogP contribution in [0.15, 0.2) is 61.1 Å². The average Bonchev–Trinajstić information content (AvgIpc) is 3.22. The predicted octanol–water partition coefficient (Wildman–Crippen LogP) is 2.26. The van der Waals surface area contributed by atoms with Crippen LogP contribution in [0.3, 0.4) is 0 Å². The minimum absolute atomic E-state index is 0.00748. The molecule has 2 aromatic heterocycles. The summed E-state index contributed by atoms with van der Waals surface area (Å²) in [5, 5.41) is 17.5. The minimum atomic E-state index is -0.478. The van der Waals surface area contributed by atoms with Gasteiger partial charge in [0.1, 0.15) is 5.75 Å². The molecule has 3 rings (SSSR count). The van der Waals surface area contributed by atoms with Crippen LogP contribution in [0.4, 0.5) is 5.69 Å². The van der Waals surface area contributed by atoms with Crippen LogP contribution < -0.4 is 10.1 Å². The van der Waals surface area contributed by atoms with Gasteiger partial charge in [0.05, 0.1) is 18.0 Å². The van der Waals surface area contributed by atoms with E-state index in [9.17, 15) is 14.9 Å². The molecule has 0 spiro atoms. The summed E-state index contributed by atoms with van der Waals surface area (Å²) in [6.45, 7) is 0.547. The van der Waals surface area contributed by atoms with Gasteiger partial charge in [-0.3, -0.25) is 14.9 Å². The summed E-state index contributed by atoms with van der Waals surface area (Å²) in [6, 6.07) is 11.2. The van der Waals surface area contributed by atoms with Crippen LogP contribution in [0, 0.1) is 10.1 Å². The van der Waals surface area contributed by atoms with Crippen molar-refractivity contribution in [3.05, 3.63) is 76.7 Å². The third-order valence-electron chi connectivity index (χ3n) is 3.68. The van der Waals surface area contributed by atoms with E-state index in [1.807, 2.05) is 12.1 Å². The Hall–Kier alpha value is -3.75. The highest BCUT2D eigenvalue weighted by atomic mass is 16.6. The molecule has 0 unspecified atom stereocenters. The van der Waals surface area contributed by atoms with Crippen molar-refractivity contribution in [1.82, 2.24) is 20.1 Å². The zero-order valence-corrected chi connectivity index (χ0v) is 14.3. The number of hydrogen-bond donors (Lipinski definition) is 1. The Morgan fingerprint density at radius 2 is 2.04 bits per heavy atom. The SMILES string of the molecule is O=C(CCOc1ccc([N+](=O)[O-])cc1)NCc1ccnc(-n2cccn2)c1. The Morgan fingerprint density at radius 3 is 2.74 bits per heavy atom. The van der Waals surface area contributed by atoms with Crippen LogP contribution in [-0.2, 0) is 11.3 Å². The number of nitro benzene ring substituents is 1. The number of nitro groups is 1. The lowest BCUT2D eigenvalue weighted by molar-refractivity contribution is -0.384. The van der Waals surface area contributed by atoms with Gasteiger partial charge in [0.15, 0.2) is 5.82 Å². The number of non-ortho nitro benzene ring substituents is 1. The average molecular weight is 367 g/mol. The summed E-state index contributed by atoms with van der Waals surface area (Å²) in [5.74, 6) is 0.994. The summed E-state index contributed by atoms with van der Waals surface area (Å²) in [7, 11) is 0. The first-order chi connectivity index (χ1) is 13.1. The van der Waals surface area contributed by atoms with Gasteiger partial charge in [-0.15, -0.1) is 0 Å². The molecule has 0 atom stereocenters. The largest absolute Gasteiger partial charge is 0.493 e. The molecule has 9 heteroatoms. The topological polar surface area (TPSA) is 112 Å². The molecule has 0 aliphatic rings. The fraction of sp³-hybridized carbons (Fsp3) is 0.167. The molecule has 0 fully saturated rings. The van der Waals surface area contributed by atoms with Crippen LogP contribution in [0.5, 0.6) is 5.75 Å². The zero-order chi connectivity index (χ0) is 19.1. The second-order valence-electron chi connectivity index (χ2n) is 5.60. The van der Waals surface area contributed by atoms with Crippen molar-refractivity contribution in [3.8, 4) is 11.6 Å². The van der Waals surface area contributed by atoms with Crippen molar-refractivity contribution in [1.29, 1.82) is 0 Å². The van der Waals surface area contributed by atoms with Crippen molar-refractivity contribution in [2.45, 2.75) is 13.0 Å². The summed E-state index contributed by atoms with van der Waals surface area (Å²) >= 11 is 0. The summed E-state index contributed by atoms with van der Waals surface area (Å²) < 4.78 is 7.07. The number of carbonyl (C=O) groups is 1. The van der Waals surface area contributed by atoms with E-state index in [-0.39, 0.29) is 24.6 Å². The Kier molecular flexibility index (Phi) is 5.73. The summed E-state index contributed by atoms with van der Waals surface area (Å²) in [6.07, 6.45) is 5.30. The molecule has 2 heterocycles. The standard InChI is InChI=1S/C18H17N5O4/c24-18(7-11-27-16-4-2-15(3-5-16)23(25)26)20-13-14-6-9-19-17(12-14)22-10-1-8-21-22/h1-6,8-10,12H,7,11,13H2,(H,20,24). The van der Waals surface area contributed by atoms with Crippen LogP contribution in [0.25, 0.3) is 5.82 Å². The van der Waals surface area contributed by atoms with E-state index in [0.29, 0.717) is 18.1 Å². The molecular formula is C18H17N5O4. The normalized spacial score (nSPS) is 10.4. The van der Waals surface area contributed by atoms with E-state index in [1.54, 1.807) is 29.3 Å². The van der Waals surface area contributed by atoms with Crippen molar-refractivity contribution in [3.63, 3.8) is 0 Å². The van der Waals surface area contributed by atoms with Crippen molar-refractivity contribution >= 4 is 11.6 Å². The maximum atomic E-state index is 11.9. The van der Waals surface area contributed by atoms with Crippen molar-refractivity contribution in [2.24, 2.45) is 0 Å². The molecule has 0 saturated heterocycles. The highest BCUT2D eigenvalue weighted by molar-refractivity contribution is 5.76. The van der Waals surface area contributed by atoms with Gasteiger partial charge in [0.2, 0.25) is 5.91 Å². The summed E-state index contributed by atoms with van der Waals surface area (Å²) in [4.78, 5) is 26.3. The van der Waals surface area contributed by atoms with Gasteiger partial charge in [-0.05, 0) is 35.9 Å². The zero-order valence-electron chi connectivity index (χ0n) is 14.3. The molecular weight excluding hydrogens is 350 g/mol. The first kappa shape index (κ1) is 18.1. The molecule has 1 N–H and O–H groups in total. The maximum Gasteiger partial charge on any atom is 0.269 e. The first-order valence-electron chi connectivity index (χ1n) is 8.21. The third-order valence-corrected chi connectivity index (χ3v) is 3.68. The molecule has 138 valence electrons. The molecule has 3 aromatic rings. The van der Waals surface area contributed by atoms with Crippen LogP contribution in [0.2, 0.25) is 0 Å². The molecule has 1 aromatic carbocycles. The molecule has 0 saturated carbocycles. The van der Waals surface area contributed by atoms with Gasteiger partial charge < -0.3 is 10.1 Å². The fourth-order valence-corrected chi connectivity index (χ4v) is 2.31. The molecule has 0 aliphatic carbocycles. The van der Waals surface area contributed by atoms with Crippen molar-refractivity contribution in [2.75, 3.05) is 6.61 Å². The Balaban J connectivity index is 1.43. The van der Waals surface area contributed by atoms with Gasteiger partial charge in [-0.2, -0.15) is 5.10 Å². The Morgan fingerprint density at radius 1 is 1.22 bits per heavy atom. The quantitative estimate of drug-likeness (QED) is 0.483. The molecule has 9 nitrogen and oxygen atoms in total. The maximum absolute atomic E-state index is 11.9. The molecule has 0 aliphatic heterocycles. The van der Waals surface area contributed by atoms with Gasteiger partial charge >= 0.3 is 0 Å². The first-order valence-corrected chi connectivity index (χ1v) is 8.21. The lowest BCUT2D eigenvalue weighted by atomic mass is 10.2. The van der Waals surface area contributed by atoms with Crippen LogP contribution in [0.1, 0.15) is 12.0 Å². The number of benzene rings is 1. The fourth-order valence-electron chi connectivity index (χ4n) is 2.31. The van der Waals surface area contributed by atoms with E-state index in [0.717, 1.165) is 5.56 Å². The monoisotopic (exact) mass is 367 g/mol. The molecule has 1 amide bonds. The highest BCUT2D eigenvalue weighted by Gasteiger charge is 2.06. The van der Waals surface area contributed by atoms with Gasteiger partial charge in [-0.25, -0.2) is 9.67 Å². The van der Waals surface area contributed by atoms with E-state index in [2.05, 4.69) is 15.4 Å². The summed E-state index contributed by atoms with van der Waals surface area (Å²) in [5.41, 5.74) is 0.895. The lowest BCUT2D eigenvalue weighted by Gasteiger charge is -2.08. The molecule has 27 heavy (non-hydrogen) atoms. The highest BCUT2D eigenvalue weighted by Crippen LogP contribution is 2.17. The van der Waals surface area contributed by atoms with Gasteiger partial charge in [0, 0.05) is 37.3 Å². The number of ether oxygens (including phenoxy) is 1. The number of nitrogens with zero attached hydrogens (tertiary/aromatic N) is 4. The third kappa shape index (κ3) is 5.11. The predicted molar refractivity (Wildman–Crippen MR) is 96.4 cm³/mol. The number of carbonyl (C=O) groups excluding carboxylic acids is 1. The second-order valence-corrected chi connectivity index (χ2v) is 5.60. The number of aromatic nitrogens is 3. The van der Waals surface area contributed by atoms with Gasteiger partial charge in [0.25, 0.3) is 5.69 Å². The number of nitrogens with one attached hydrogen (secondary N) is 1. The Labute approximate surface area is 154 Å². The number of pyridine rings is 1. The number of rotatable bonds is 8. The molecule has 0 bridgehead atoms. The van der Waals surface area contributed by atoms with E-state index >= 15 is 0 Å². The molecule has 0 radical (unpaired) electrons. The Bertz CT molecular complexity index is 910. The lowest BCUT2D eigenvalue weighted by Crippen LogP contribution is -2.24. The minimum Gasteiger partial charge on any atom is -0.493 e. The van der Waals surface area contributed by atoms with E-state index in [4.69, 9.17) is 4.74 Å². The smallest absolute Gasteiger partial charge is 0.269 e. The number of amides is 1. The second kappa shape index (κ2) is 8.56. The number of hydrogen-bond acceptors (Lipinski definition) is 6. The van der Waals surface area contributed by atoms with Crippen molar-refractivity contribution < 1.29 is 14.5 Å². The van der Waals surface area contributed by atoms with Gasteiger partial charge in [-0.1, -0.05) is 0 Å².